The maximum absolute atomic E-state index is 11.7. The molecule has 7 heteroatoms. The molecule has 1 amide bonds. The topological polar surface area (TPSA) is 83.7 Å². The second kappa shape index (κ2) is 9.19. The van der Waals surface area contributed by atoms with E-state index in [0.29, 0.717) is 29.4 Å². The van der Waals surface area contributed by atoms with Crippen molar-refractivity contribution in [1.82, 2.24) is 5.32 Å². The minimum atomic E-state index is -0.159. The number of thiocarbonyl (C=S) groups is 1. The van der Waals surface area contributed by atoms with Gasteiger partial charge in [-0.2, -0.15) is 0 Å². The van der Waals surface area contributed by atoms with Gasteiger partial charge in [0.05, 0.1) is 12.7 Å². The van der Waals surface area contributed by atoms with Gasteiger partial charge in [-0.3, -0.25) is 4.79 Å². The molecule has 0 saturated carbocycles. The average molecular weight is 362 g/mol. The summed E-state index contributed by atoms with van der Waals surface area (Å²) in [7, 11) is 1.56. The van der Waals surface area contributed by atoms with Crippen LogP contribution in [0.4, 0.5) is 5.69 Å². The van der Waals surface area contributed by atoms with Gasteiger partial charge in [-0.25, -0.2) is 0 Å². The van der Waals surface area contributed by atoms with Crippen LogP contribution in [-0.4, -0.2) is 23.2 Å². The Labute approximate surface area is 152 Å². The van der Waals surface area contributed by atoms with E-state index in [1.165, 1.54) is 0 Å². The van der Waals surface area contributed by atoms with Crippen molar-refractivity contribution in [2.24, 2.45) is 0 Å². The molecule has 0 spiro atoms. The number of rotatable bonds is 7. The van der Waals surface area contributed by atoms with Crippen molar-refractivity contribution in [3.05, 3.63) is 36.1 Å². The van der Waals surface area contributed by atoms with Gasteiger partial charge in [-0.15, -0.1) is 0 Å². The van der Waals surface area contributed by atoms with Gasteiger partial charge >= 0.3 is 0 Å². The zero-order valence-corrected chi connectivity index (χ0v) is 15.1. The van der Waals surface area contributed by atoms with E-state index >= 15 is 0 Å². The second-order valence-corrected chi connectivity index (χ2v) is 5.85. The van der Waals surface area contributed by atoms with Crippen LogP contribution in [0, 0.1) is 0 Å². The Hall–Kier alpha value is -2.38. The molecular weight excluding hydrogens is 340 g/mol. The normalized spacial score (nSPS) is 10.4. The smallest absolute Gasteiger partial charge is 0.226 e. The number of furan rings is 1. The Bertz CT molecular complexity index is 742. The molecule has 0 saturated heterocycles. The molecule has 0 bridgehead atoms. The first-order valence-corrected chi connectivity index (χ1v) is 8.47. The number of methoxy groups -OCH3 is 1. The molecule has 2 aromatic rings. The number of carbonyl (C=O) groups is 1. The fraction of sp³-hybridized carbons (Fsp3) is 0.333. The molecule has 2 rings (SSSR count). The lowest BCUT2D eigenvalue weighted by atomic mass is 10.1. The third-order valence-electron chi connectivity index (χ3n) is 3.55. The van der Waals surface area contributed by atoms with Gasteiger partial charge in [-0.05, 0) is 42.9 Å². The van der Waals surface area contributed by atoms with Gasteiger partial charge in [0.25, 0.3) is 0 Å². The summed E-state index contributed by atoms with van der Waals surface area (Å²) in [5, 5.41) is 15.0. The average Bonchev–Trinajstić information content (AvgIpc) is 3.08. The number of carbonyl (C=O) groups excluding carboxylic acids is 1. The predicted molar refractivity (Wildman–Crippen MR) is 101 cm³/mol. The van der Waals surface area contributed by atoms with Crippen molar-refractivity contribution < 1.29 is 19.1 Å². The maximum Gasteiger partial charge on any atom is 0.226 e. The SMILES string of the molecule is CCCCC(=O)NC(=S)Nc1ccc(-c2ccc(CO)o2)c(OC)c1. The van der Waals surface area contributed by atoms with Gasteiger partial charge in [0.15, 0.2) is 5.11 Å². The molecule has 1 heterocycles. The van der Waals surface area contributed by atoms with Crippen LogP contribution in [0.15, 0.2) is 34.7 Å². The minimum Gasteiger partial charge on any atom is -0.496 e. The van der Waals surface area contributed by atoms with Gasteiger partial charge in [0.2, 0.25) is 5.91 Å². The van der Waals surface area contributed by atoms with E-state index in [1.807, 2.05) is 19.1 Å². The molecule has 0 atom stereocenters. The zero-order chi connectivity index (χ0) is 18.2. The number of aliphatic hydroxyl groups excluding tert-OH is 1. The highest BCUT2D eigenvalue weighted by Gasteiger charge is 2.12. The van der Waals surface area contributed by atoms with E-state index < -0.39 is 0 Å². The molecule has 0 fully saturated rings. The zero-order valence-electron chi connectivity index (χ0n) is 14.3. The van der Waals surface area contributed by atoms with Crippen LogP contribution in [0.3, 0.4) is 0 Å². The predicted octanol–water partition coefficient (Wildman–Crippen LogP) is 3.45. The first-order valence-electron chi connectivity index (χ1n) is 8.06. The lowest BCUT2D eigenvalue weighted by Crippen LogP contribution is -2.33. The van der Waals surface area contributed by atoms with Crippen LogP contribution in [0.25, 0.3) is 11.3 Å². The third-order valence-corrected chi connectivity index (χ3v) is 3.76. The first kappa shape index (κ1) is 19.0. The maximum atomic E-state index is 11.7. The Morgan fingerprint density at radius 2 is 2.12 bits per heavy atom. The molecule has 3 N–H and O–H groups in total. The molecular formula is C18H22N2O4S. The molecule has 0 radical (unpaired) electrons. The van der Waals surface area contributed by atoms with Crippen molar-refractivity contribution >= 4 is 28.9 Å². The second-order valence-electron chi connectivity index (χ2n) is 5.44. The summed E-state index contributed by atoms with van der Waals surface area (Å²) in [4.78, 5) is 11.7. The number of ether oxygens (including phenoxy) is 1. The van der Waals surface area contributed by atoms with Crippen molar-refractivity contribution in [3.8, 4) is 17.1 Å². The quantitative estimate of drug-likeness (QED) is 0.654. The summed E-state index contributed by atoms with van der Waals surface area (Å²) in [6.45, 7) is 1.87. The van der Waals surface area contributed by atoms with Crippen molar-refractivity contribution in [2.45, 2.75) is 32.8 Å². The molecule has 0 aliphatic rings. The van der Waals surface area contributed by atoms with Gasteiger partial charge < -0.3 is 24.9 Å². The van der Waals surface area contributed by atoms with Crippen LogP contribution >= 0.6 is 12.2 Å². The molecule has 0 unspecified atom stereocenters. The van der Waals surface area contributed by atoms with Crippen LogP contribution in [0.2, 0.25) is 0 Å². The lowest BCUT2D eigenvalue weighted by molar-refractivity contribution is -0.119. The number of hydrogen-bond donors (Lipinski definition) is 3. The van der Waals surface area contributed by atoms with E-state index in [1.54, 1.807) is 25.3 Å². The molecule has 0 aliphatic carbocycles. The number of amides is 1. The highest BCUT2D eigenvalue weighted by atomic mass is 32.1. The van der Waals surface area contributed by atoms with E-state index in [2.05, 4.69) is 10.6 Å². The molecule has 0 aliphatic heterocycles. The van der Waals surface area contributed by atoms with E-state index in [9.17, 15) is 4.79 Å². The highest BCUT2D eigenvalue weighted by molar-refractivity contribution is 7.80. The van der Waals surface area contributed by atoms with Crippen molar-refractivity contribution in [2.75, 3.05) is 12.4 Å². The monoisotopic (exact) mass is 362 g/mol. The molecule has 134 valence electrons. The lowest BCUT2D eigenvalue weighted by Gasteiger charge is -2.12. The fourth-order valence-electron chi connectivity index (χ4n) is 2.27. The summed E-state index contributed by atoms with van der Waals surface area (Å²) < 4.78 is 10.9. The number of nitrogens with one attached hydrogen (secondary N) is 2. The number of hydrogen-bond acceptors (Lipinski definition) is 5. The van der Waals surface area contributed by atoms with Crippen LogP contribution in [0.1, 0.15) is 31.9 Å². The van der Waals surface area contributed by atoms with Crippen LogP contribution < -0.4 is 15.4 Å². The van der Waals surface area contributed by atoms with E-state index in [0.717, 1.165) is 18.4 Å². The summed E-state index contributed by atoms with van der Waals surface area (Å²) in [5.74, 6) is 1.57. The van der Waals surface area contributed by atoms with Crippen molar-refractivity contribution in [3.63, 3.8) is 0 Å². The molecule has 25 heavy (non-hydrogen) atoms. The summed E-state index contributed by atoms with van der Waals surface area (Å²) in [6.07, 6.45) is 2.24. The van der Waals surface area contributed by atoms with Gasteiger partial charge in [0, 0.05) is 18.2 Å². The van der Waals surface area contributed by atoms with Crippen molar-refractivity contribution in [1.29, 1.82) is 0 Å². The minimum absolute atomic E-state index is 0.102. The summed E-state index contributed by atoms with van der Waals surface area (Å²) in [5.41, 5.74) is 1.45. The molecule has 1 aromatic carbocycles. The summed E-state index contributed by atoms with van der Waals surface area (Å²) in [6, 6.07) is 8.88. The Morgan fingerprint density at radius 1 is 1.32 bits per heavy atom. The van der Waals surface area contributed by atoms with E-state index in [-0.39, 0.29) is 17.6 Å². The Balaban J connectivity index is 2.08. The Kier molecular flexibility index (Phi) is 6.97. The number of aliphatic hydroxyl groups is 1. The van der Waals surface area contributed by atoms with Gasteiger partial charge in [-0.1, -0.05) is 13.3 Å². The van der Waals surface area contributed by atoms with E-state index in [4.69, 9.17) is 26.5 Å². The first-order chi connectivity index (χ1) is 12.1. The number of anilines is 1. The van der Waals surface area contributed by atoms with Gasteiger partial charge in [0.1, 0.15) is 23.9 Å². The fourth-order valence-corrected chi connectivity index (χ4v) is 2.50. The Morgan fingerprint density at radius 3 is 2.76 bits per heavy atom. The highest BCUT2D eigenvalue weighted by Crippen LogP contribution is 2.33. The standard InChI is InChI=1S/C18H22N2O4S/c1-3-4-5-17(22)20-18(25)19-12-6-8-14(16(10-12)23-2)15-9-7-13(11-21)24-15/h6-10,21H,3-5,11H2,1-2H3,(H2,19,20,22,25). The third kappa shape index (κ3) is 5.30. The van der Waals surface area contributed by atoms with Crippen LogP contribution in [0.5, 0.6) is 5.75 Å². The summed E-state index contributed by atoms with van der Waals surface area (Å²) >= 11 is 5.16. The van der Waals surface area contributed by atoms with Crippen LogP contribution in [-0.2, 0) is 11.4 Å². The number of unbranched alkanes of at least 4 members (excludes halogenated alkanes) is 1. The largest absolute Gasteiger partial charge is 0.496 e. The molecule has 1 aromatic heterocycles. The molecule has 6 nitrogen and oxygen atoms in total. The number of benzene rings is 1.